The van der Waals surface area contributed by atoms with E-state index in [4.69, 9.17) is 5.73 Å². The molecule has 1 heterocycles. The van der Waals surface area contributed by atoms with Gasteiger partial charge < -0.3 is 5.73 Å². The zero-order chi connectivity index (χ0) is 13.9. The molecule has 4 nitrogen and oxygen atoms in total. The highest BCUT2D eigenvalue weighted by Crippen LogP contribution is 2.30. The van der Waals surface area contributed by atoms with Gasteiger partial charge in [0.25, 0.3) is 5.56 Å². The molecule has 0 aliphatic heterocycles. The Balaban J connectivity index is 2.06. The van der Waals surface area contributed by atoms with Gasteiger partial charge in [0.2, 0.25) is 0 Å². The van der Waals surface area contributed by atoms with Gasteiger partial charge in [-0.25, -0.2) is 4.68 Å². The van der Waals surface area contributed by atoms with Crippen molar-refractivity contribution in [1.82, 2.24) is 9.78 Å². The molecule has 2 N–H and O–H groups in total. The van der Waals surface area contributed by atoms with Gasteiger partial charge >= 0.3 is 0 Å². The highest BCUT2D eigenvalue weighted by molar-refractivity contribution is 5.62. The van der Waals surface area contributed by atoms with E-state index < -0.39 is 0 Å². The summed E-state index contributed by atoms with van der Waals surface area (Å²) in [7, 11) is 0. The molecule has 0 amide bonds. The van der Waals surface area contributed by atoms with Gasteiger partial charge in [-0.15, -0.1) is 0 Å². The van der Waals surface area contributed by atoms with E-state index >= 15 is 0 Å². The maximum Gasteiger partial charge on any atom is 0.267 e. The number of hydrogen-bond donors (Lipinski definition) is 1. The SMILES string of the molecule is NCCc1cc(=O)n(CC2CC2)nc1-c1ccccc1. The van der Waals surface area contributed by atoms with Gasteiger partial charge in [0, 0.05) is 18.2 Å². The highest BCUT2D eigenvalue weighted by Gasteiger charge is 2.23. The molecule has 1 aliphatic rings. The van der Waals surface area contributed by atoms with Crippen molar-refractivity contribution in [3.05, 3.63) is 52.3 Å². The van der Waals surface area contributed by atoms with Crippen LogP contribution >= 0.6 is 0 Å². The van der Waals surface area contributed by atoms with Gasteiger partial charge in [-0.1, -0.05) is 30.3 Å². The molecule has 0 unspecified atom stereocenters. The predicted molar refractivity (Wildman–Crippen MR) is 79.4 cm³/mol. The lowest BCUT2D eigenvalue weighted by Crippen LogP contribution is -2.25. The number of aromatic nitrogens is 2. The standard InChI is InChI=1S/C16H19N3O/c17-9-8-14-10-15(20)19(11-12-6-7-12)18-16(14)13-4-2-1-3-5-13/h1-5,10,12H,6-9,11,17H2. The quantitative estimate of drug-likeness (QED) is 0.900. The van der Waals surface area contributed by atoms with E-state index in [1.54, 1.807) is 10.7 Å². The van der Waals surface area contributed by atoms with Crippen LogP contribution < -0.4 is 11.3 Å². The van der Waals surface area contributed by atoms with Crippen LogP contribution in [0.2, 0.25) is 0 Å². The Labute approximate surface area is 118 Å². The third-order valence-electron chi connectivity index (χ3n) is 3.67. The second-order valence-corrected chi connectivity index (χ2v) is 5.39. The summed E-state index contributed by atoms with van der Waals surface area (Å²) >= 11 is 0. The fraction of sp³-hybridized carbons (Fsp3) is 0.375. The molecule has 1 aliphatic carbocycles. The summed E-state index contributed by atoms with van der Waals surface area (Å²) in [6.45, 7) is 1.26. The minimum absolute atomic E-state index is 0.0139. The van der Waals surface area contributed by atoms with Crippen LogP contribution in [-0.4, -0.2) is 16.3 Å². The number of hydrogen-bond acceptors (Lipinski definition) is 3. The van der Waals surface area contributed by atoms with Gasteiger partial charge in [0.1, 0.15) is 0 Å². The van der Waals surface area contributed by atoms with Crippen molar-refractivity contribution in [2.45, 2.75) is 25.8 Å². The molecule has 0 saturated heterocycles. The topological polar surface area (TPSA) is 60.9 Å². The van der Waals surface area contributed by atoms with E-state index in [9.17, 15) is 4.79 Å². The molecule has 3 rings (SSSR count). The van der Waals surface area contributed by atoms with Crippen LogP contribution in [0.15, 0.2) is 41.2 Å². The second-order valence-electron chi connectivity index (χ2n) is 5.39. The Morgan fingerprint density at radius 2 is 2.00 bits per heavy atom. The van der Waals surface area contributed by atoms with E-state index in [1.165, 1.54) is 12.8 Å². The van der Waals surface area contributed by atoms with Crippen LogP contribution in [0.3, 0.4) is 0 Å². The maximum atomic E-state index is 12.1. The normalized spacial score (nSPS) is 14.4. The van der Waals surface area contributed by atoms with E-state index in [0.717, 1.165) is 23.4 Å². The first-order valence-corrected chi connectivity index (χ1v) is 7.14. The van der Waals surface area contributed by atoms with Gasteiger partial charge in [-0.2, -0.15) is 5.10 Å². The molecule has 1 aromatic carbocycles. The van der Waals surface area contributed by atoms with Crippen molar-refractivity contribution in [2.24, 2.45) is 11.7 Å². The maximum absolute atomic E-state index is 12.1. The average molecular weight is 269 g/mol. The molecule has 4 heteroatoms. The Morgan fingerprint density at radius 3 is 2.65 bits per heavy atom. The molecule has 1 aromatic heterocycles. The highest BCUT2D eigenvalue weighted by atomic mass is 16.1. The summed E-state index contributed by atoms with van der Waals surface area (Å²) in [5.74, 6) is 0.629. The molecule has 1 fully saturated rings. The number of nitrogens with zero attached hydrogens (tertiary/aromatic N) is 2. The van der Waals surface area contributed by atoms with Crippen molar-refractivity contribution >= 4 is 0 Å². The summed E-state index contributed by atoms with van der Waals surface area (Å²) in [4.78, 5) is 12.1. The van der Waals surface area contributed by atoms with E-state index in [2.05, 4.69) is 5.10 Å². The first kappa shape index (κ1) is 13.1. The van der Waals surface area contributed by atoms with E-state index in [-0.39, 0.29) is 5.56 Å². The summed E-state index contributed by atoms with van der Waals surface area (Å²) < 4.78 is 1.61. The van der Waals surface area contributed by atoms with Gasteiger partial charge in [-0.3, -0.25) is 4.79 Å². The Bertz CT molecular complexity index is 645. The molecular weight excluding hydrogens is 250 g/mol. The van der Waals surface area contributed by atoms with E-state index in [1.807, 2.05) is 30.3 Å². The van der Waals surface area contributed by atoms with Crippen LogP contribution in [0.25, 0.3) is 11.3 Å². The third-order valence-corrected chi connectivity index (χ3v) is 3.67. The first-order chi connectivity index (χ1) is 9.78. The summed E-state index contributed by atoms with van der Waals surface area (Å²) in [5, 5.41) is 4.59. The smallest absolute Gasteiger partial charge is 0.267 e. The Hall–Kier alpha value is -1.94. The number of benzene rings is 1. The van der Waals surface area contributed by atoms with Crippen LogP contribution in [0.5, 0.6) is 0 Å². The summed E-state index contributed by atoms with van der Waals surface area (Å²) in [6.07, 6.45) is 3.09. The number of rotatable bonds is 5. The van der Waals surface area contributed by atoms with E-state index in [0.29, 0.717) is 18.9 Å². The van der Waals surface area contributed by atoms with Crippen molar-refractivity contribution < 1.29 is 0 Å². The van der Waals surface area contributed by atoms with Crippen LogP contribution in [-0.2, 0) is 13.0 Å². The monoisotopic (exact) mass is 269 g/mol. The van der Waals surface area contributed by atoms with Crippen LogP contribution in [0.1, 0.15) is 18.4 Å². The van der Waals surface area contributed by atoms with Gasteiger partial charge in [0.15, 0.2) is 0 Å². The largest absolute Gasteiger partial charge is 0.330 e. The molecule has 2 aromatic rings. The van der Waals surface area contributed by atoms with Gasteiger partial charge in [0.05, 0.1) is 5.69 Å². The Morgan fingerprint density at radius 1 is 1.25 bits per heavy atom. The summed E-state index contributed by atoms with van der Waals surface area (Å²) in [6, 6.07) is 11.7. The molecule has 0 spiro atoms. The zero-order valence-electron chi connectivity index (χ0n) is 11.5. The third kappa shape index (κ3) is 2.80. The average Bonchev–Trinajstić information content (AvgIpc) is 3.27. The van der Waals surface area contributed by atoms with Crippen LogP contribution in [0, 0.1) is 5.92 Å². The molecule has 0 radical (unpaired) electrons. The predicted octanol–water partition coefficient (Wildman–Crippen LogP) is 1.82. The second kappa shape index (κ2) is 5.59. The lowest BCUT2D eigenvalue weighted by Gasteiger charge is -2.11. The molecule has 20 heavy (non-hydrogen) atoms. The number of nitrogens with two attached hydrogens (primary N) is 1. The lowest BCUT2D eigenvalue weighted by atomic mass is 10.0. The van der Waals surface area contributed by atoms with Crippen molar-refractivity contribution in [2.75, 3.05) is 6.54 Å². The van der Waals surface area contributed by atoms with Crippen molar-refractivity contribution in [3.63, 3.8) is 0 Å². The molecule has 1 saturated carbocycles. The lowest BCUT2D eigenvalue weighted by molar-refractivity contribution is 0.533. The molecular formula is C16H19N3O. The fourth-order valence-corrected chi connectivity index (χ4v) is 2.39. The van der Waals surface area contributed by atoms with Crippen molar-refractivity contribution in [1.29, 1.82) is 0 Å². The zero-order valence-corrected chi connectivity index (χ0v) is 11.5. The van der Waals surface area contributed by atoms with Crippen LogP contribution in [0.4, 0.5) is 0 Å². The minimum Gasteiger partial charge on any atom is -0.330 e. The fourth-order valence-electron chi connectivity index (χ4n) is 2.39. The first-order valence-electron chi connectivity index (χ1n) is 7.14. The molecule has 0 atom stereocenters. The molecule has 104 valence electrons. The Kier molecular flexibility index (Phi) is 3.65. The summed E-state index contributed by atoms with van der Waals surface area (Å²) in [5.41, 5.74) is 8.50. The van der Waals surface area contributed by atoms with Gasteiger partial charge in [-0.05, 0) is 37.3 Å². The minimum atomic E-state index is -0.0139. The van der Waals surface area contributed by atoms with Crippen molar-refractivity contribution in [3.8, 4) is 11.3 Å². The molecule has 0 bridgehead atoms.